The van der Waals surface area contributed by atoms with Crippen molar-refractivity contribution in [1.82, 2.24) is 0 Å². The minimum Gasteiger partial charge on any atom is -0.497 e. The maximum Gasteiger partial charge on any atom is 0.169 e. The second-order valence-electron chi connectivity index (χ2n) is 5.40. The lowest BCUT2D eigenvalue weighted by molar-refractivity contribution is 0.291. The quantitative estimate of drug-likeness (QED) is 0.609. The first-order chi connectivity index (χ1) is 12.1. The fourth-order valence-electron chi connectivity index (χ4n) is 2.22. The number of nitrogen functional groups attached to an aromatic ring is 1. The maximum absolute atomic E-state index is 6.09. The standard InChI is InChI=1S/C20H18ClNO3/c1-23-17-7-2-14(3-8-17)13-24-20-12-15(21)4-11-19(20)25-18-9-5-16(22)6-10-18/h2-12H,13,22H2,1H3. The average Bonchev–Trinajstić information content (AvgIpc) is 2.64. The Hall–Kier alpha value is -2.85. The fraction of sp³-hybridized carbons (Fsp3) is 0.100. The molecule has 0 radical (unpaired) electrons. The molecule has 0 fully saturated rings. The van der Waals surface area contributed by atoms with Crippen molar-refractivity contribution in [3.8, 4) is 23.0 Å². The summed E-state index contributed by atoms with van der Waals surface area (Å²) in [5, 5.41) is 0.578. The molecule has 0 aliphatic carbocycles. The van der Waals surface area contributed by atoms with Crippen molar-refractivity contribution in [2.75, 3.05) is 12.8 Å². The van der Waals surface area contributed by atoms with Gasteiger partial charge in [0.2, 0.25) is 0 Å². The number of anilines is 1. The van der Waals surface area contributed by atoms with E-state index >= 15 is 0 Å². The Bertz CT molecular complexity index is 833. The molecule has 25 heavy (non-hydrogen) atoms. The van der Waals surface area contributed by atoms with E-state index in [4.69, 9.17) is 31.5 Å². The van der Waals surface area contributed by atoms with Crippen LogP contribution in [0.2, 0.25) is 5.02 Å². The molecule has 0 aromatic heterocycles. The second kappa shape index (κ2) is 7.81. The van der Waals surface area contributed by atoms with Gasteiger partial charge in [-0.1, -0.05) is 23.7 Å². The average molecular weight is 356 g/mol. The number of methoxy groups -OCH3 is 1. The Balaban J connectivity index is 1.75. The number of nitrogens with two attached hydrogens (primary N) is 1. The highest BCUT2D eigenvalue weighted by Gasteiger charge is 2.08. The Morgan fingerprint density at radius 1 is 0.840 bits per heavy atom. The summed E-state index contributed by atoms with van der Waals surface area (Å²) in [5.74, 6) is 2.63. The first kappa shape index (κ1) is 17.0. The molecule has 128 valence electrons. The van der Waals surface area contributed by atoms with Crippen LogP contribution < -0.4 is 19.9 Å². The van der Waals surface area contributed by atoms with Crippen molar-refractivity contribution in [3.63, 3.8) is 0 Å². The van der Waals surface area contributed by atoms with Crippen LogP contribution in [-0.4, -0.2) is 7.11 Å². The van der Waals surface area contributed by atoms with E-state index in [0.29, 0.717) is 34.6 Å². The summed E-state index contributed by atoms with van der Waals surface area (Å²) < 4.78 is 16.9. The molecule has 0 spiro atoms. The second-order valence-corrected chi connectivity index (χ2v) is 5.84. The molecule has 0 atom stereocenters. The van der Waals surface area contributed by atoms with Gasteiger partial charge in [-0.05, 0) is 54.1 Å². The molecule has 3 aromatic rings. The van der Waals surface area contributed by atoms with E-state index < -0.39 is 0 Å². The molecule has 3 aromatic carbocycles. The summed E-state index contributed by atoms with van der Waals surface area (Å²) in [6.45, 7) is 0.391. The molecule has 0 aliphatic rings. The molecule has 0 saturated heterocycles. The lowest BCUT2D eigenvalue weighted by atomic mass is 10.2. The smallest absolute Gasteiger partial charge is 0.169 e. The molecular weight excluding hydrogens is 338 g/mol. The zero-order valence-corrected chi connectivity index (χ0v) is 14.5. The van der Waals surface area contributed by atoms with Gasteiger partial charge >= 0.3 is 0 Å². The molecule has 4 nitrogen and oxygen atoms in total. The van der Waals surface area contributed by atoms with Crippen LogP contribution in [-0.2, 0) is 6.61 Å². The van der Waals surface area contributed by atoms with E-state index in [9.17, 15) is 0 Å². The van der Waals surface area contributed by atoms with Gasteiger partial charge in [-0.25, -0.2) is 0 Å². The summed E-state index contributed by atoms with van der Waals surface area (Å²) in [4.78, 5) is 0. The lowest BCUT2D eigenvalue weighted by Gasteiger charge is -2.13. The van der Waals surface area contributed by atoms with Crippen molar-refractivity contribution in [3.05, 3.63) is 77.3 Å². The molecule has 0 unspecified atom stereocenters. The van der Waals surface area contributed by atoms with Crippen LogP contribution >= 0.6 is 11.6 Å². The number of hydrogen-bond acceptors (Lipinski definition) is 4. The first-order valence-electron chi connectivity index (χ1n) is 7.73. The number of ether oxygens (including phenoxy) is 3. The van der Waals surface area contributed by atoms with Crippen LogP contribution in [0.3, 0.4) is 0 Å². The lowest BCUT2D eigenvalue weighted by Crippen LogP contribution is -1.98. The monoisotopic (exact) mass is 355 g/mol. The van der Waals surface area contributed by atoms with Crippen LogP contribution in [0.25, 0.3) is 0 Å². The third-order valence-electron chi connectivity index (χ3n) is 3.57. The predicted molar refractivity (Wildman–Crippen MR) is 99.7 cm³/mol. The highest BCUT2D eigenvalue weighted by atomic mass is 35.5. The van der Waals surface area contributed by atoms with Gasteiger partial charge in [0.15, 0.2) is 11.5 Å². The topological polar surface area (TPSA) is 53.7 Å². The molecule has 5 heteroatoms. The molecule has 0 amide bonds. The number of rotatable bonds is 6. The molecule has 0 saturated carbocycles. The molecular formula is C20H18ClNO3. The van der Waals surface area contributed by atoms with E-state index in [0.717, 1.165) is 11.3 Å². The van der Waals surface area contributed by atoms with Gasteiger partial charge in [0.1, 0.15) is 18.1 Å². The van der Waals surface area contributed by atoms with E-state index in [1.807, 2.05) is 24.3 Å². The normalized spacial score (nSPS) is 10.3. The zero-order valence-electron chi connectivity index (χ0n) is 13.7. The minimum atomic E-state index is 0.391. The van der Waals surface area contributed by atoms with Crippen molar-refractivity contribution in [2.24, 2.45) is 0 Å². The highest BCUT2D eigenvalue weighted by molar-refractivity contribution is 6.30. The van der Waals surface area contributed by atoms with Gasteiger partial charge in [0.25, 0.3) is 0 Å². The zero-order chi connectivity index (χ0) is 17.6. The van der Waals surface area contributed by atoms with Crippen LogP contribution in [0.4, 0.5) is 5.69 Å². The molecule has 0 bridgehead atoms. The molecule has 0 heterocycles. The van der Waals surface area contributed by atoms with Gasteiger partial charge in [0.05, 0.1) is 7.11 Å². The van der Waals surface area contributed by atoms with E-state index in [1.165, 1.54) is 0 Å². The van der Waals surface area contributed by atoms with Crippen molar-refractivity contribution in [1.29, 1.82) is 0 Å². The third-order valence-corrected chi connectivity index (χ3v) is 3.80. The Labute approximate surface area is 151 Å². The predicted octanol–water partition coefficient (Wildman–Crippen LogP) is 5.30. The van der Waals surface area contributed by atoms with Crippen molar-refractivity contribution >= 4 is 17.3 Å². The summed E-state index contributed by atoms with van der Waals surface area (Å²) >= 11 is 6.09. The van der Waals surface area contributed by atoms with Crippen LogP contribution in [0.5, 0.6) is 23.0 Å². The number of halogens is 1. The Morgan fingerprint density at radius 3 is 2.20 bits per heavy atom. The maximum atomic E-state index is 6.09. The van der Waals surface area contributed by atoms with Crippen LogP contribution in [0.1, 0.15) is 5.56 Å². The van der Waals surface area contributed by atoms with Crippen molar-refractivity contribution < 1.29 is 14.2 Å². The number of hydrogen-bond donors (Lipinski definition) is 1. The van der Waals surface area contributed by atoms with Gasteiger partial charge in [-0.2, -0.15) is 0 Å². The largest absolute Gasteiger partial charge is 0.497 e. The summed E-state index contributed by atoms with van der Waals surface area (Å²) in [7, 11) is 1.64. The van der Waals surface area contributed by atoms with E-state index in [2.05, 4.69) is 0 Å². The summed E-state index contributed by atoms with van der Waals surface area (Å²) in [6, 6.07) is 20.1. The Kier molecular flexibility index (Phi) is 5.31. The van der Waals surface area contributed by atoms with Gasteiger partial charge in [-0.3, -0.25) is 0 Å². The van der Waals surface area contributed by atoms with Crippen molar-refractivity contribution in [2.45, 2.75) is 6.61 Å². The molecule has 2 N–H and O–H groups in total. The SMILES string of the molecule is COc1ccc(COc2cc(Cl)ccc2Oc2ccc(N)cc2)cc1. The minimum absolute atomic E-state index is 0.391. The molecule has 0 aliphatic heterocycles. The highest BCUT2D eigenvalue weighted by Crippen LogP contribution is 2.34. The number of benzene rings is 3. The van der Waals surface area contributed by atoms with Gasteiger partial charge < -0.3 is 19.9 Å². The van der Waals surface area contributed by atoms with Crippen LogP contribution in [0.15, 0.2) is 66.7 Å². The summed E-state index contributed by atoms with van der Waals surface area (Å²) in [5.41, 5.74) is 7.39. The third kappa shape index (κ3) is 4.58. The first-order valence-corrected chi connectivity index (χ1v) is 8.10. The summed E-state index contributed by atoms with van der Waals surface area (Å²) in [6.07, 6.45) is 0. The van der Waals surface area contributed by atoms with E-state index in [-0.39, 0.29) is 0 Å². The fourth-order valence-corrected chi connectivity index (χ4v) is 2.39. The van der Waals surface area contributed by atoms with E-state index in [1.54, 1.807) is 49.6 Å². The van der Waals surface area contributed by atoms with Gasteiger partial charge in [-0.15, -0.1) is 0 Å². The van der Waals surface area contributed by atoms with Crippen LogP contribution in [0, 0.1) is 0 Å². The Morgan fingerprint density at radius 2 is 1.52 bits per heavy atom. The van der Waals surface area contributed by atoms with Gasteiger partial charge in [0, 0.05) is 16.8 Å². The molecule has 3 rings (SSSR count).